The number of fused-ring (bicyclic) bond motifs is 1. The number of hydrogen-bond donors (Lipinski definition) is 2. The topological polar surface area (TPSA) is 96.2 Å². The van der Waals surface area contributed by atoms with E-state index in [0.717, 1.165) is 36.7 Å². The summed E-state index contributed by atoms with van der Waals surface area (Å²) in [6.07, 6.45) is 7.82. The van der Waals surface area contributed by atoms with Gasteiger partial charge in [-0.3, -0.25) is 9.80 Å². The minimum atomic E-state index is -0.321. The van der Waals surface area contributed by atoms with E-state index >= 15 is 0 Å². The molecular weight excluding hydrogens is 354 g/mol. The third-order valence-corrected chi connectivity index (χ3v) is 6.46. The van der Waals surface area contributed by atoms with Gasteiger partial charge in [0.2, 0.25) is 0 Å². The summed E-state index contributed by atoms with van der Waals surface area (Å²) in [5, 5.41) is 15.0. The number of nitrogens with two attached hydrogens (primary N) is 1. The number of rotatable bonds is 5. The fraction of sp³-hybridized carbons (Fsp3) is 0.571. The van der Waals surface area contributed by atoms with Crippen LogP contribution in [0.1, 0.15) is 55.5 Å². The molecule has 0 spiro atoms. The zero-order valence-corrected chi connectivity index (χ0v) is 16.0. The van der Waals surface area contributed by atoms with Crippen molar-refractivity contribution in [3.05, 3.63) is 36.1 Å². The van der Waals surface area contributed by atoms with Crippen molar-refractivity contribution in [3.63, 3.8) is 0 Å². The highest BCUT2D eigenvalue weighted by molar-refractivity contribution is 5.96. The predicted molar refractivity (Wildman–Crippen MR) is 106 cm³/mol. The summed E-state index contributed by atoms with van der Waals surface area (Å²) in [7, 11) is 0. The van der Waals surface area contributed by atoms with Crippen molar-refractivity contribution in [1.82, 2.24) is 10.3 Å². The summed E-state index contributed by atoms with van der Waals surface area (Å²) in [6, 6.07) is 9.39. The van der Waals surface area contributed by atoms with Gasteiger partial charge in [0, 0.05) is 5.39 Å². The Kier molecular flexibility index (Phi) is 4.34. The molecule has 2 heterocycles. The molecule has 1 unspecified atom stereocenters. The SMILES string of the molecule is NC1(N2CC([C@@H](NC(=O)c3cc4ccccc4o3)C3CCCCC3)N=N2)CC1. The Labute approximate surface area is 164 Å². The first-order valence-corrected chi connectivity index (χ1v) is 10.4. The van der Waals surface area contributed by atoms with Gasteiger partial charge in [0.15, 0.2) is 5.76 Å². The molecule has 5 rings (SSSR count). The number of hydrogen-bond acceptors (Lipinski definition) is 6. The molecule has 2 fully saturated rings. The van der Waals surface area contributed by atoms with E-state index in [1.54, 1.807) is 0 Å². The maximum absolute atomic E-state index is 13.0. The molecule has 1 aliphatic heterocycles. The first kappa shape index (κ1) is 17.7. The molecule has 1 aromatic heterocycles. The number of nitrogens with zero attached hydrogens (tertiary/aromatic N) is 3. The number of nitrogens with one attached hydrogen (secondary N) is 1. The zero-order chi connectivity index (χ0) is 19.1. The van der Waals surface area contributed by atoms with Crippen LogP contribution in [0.25, 0.3) is 11.0 Å². The second-order valence-electron chi connectivity index (χ2n) is 8.50. The van der Waals surface area contributed by atoms with Crippen LogP contribution in [-0.4, -0.2) is 35.2 Å². The minimum Gasteiger partial charge on any atom is -0.451 e. The van der Waals surface area contributed by atoms with Crippen molar-refractivity contribution in [1.29, 1.82) is 0 Å². The number of carbonyl (C=O) groups is 1. The molecular formula is C21H27N5O2. The lowest BCUT2D eigenvalue weighted by atomic mass is 9.81. The molecule has 7 heteroatoms. The van der Waals surface area contributed by atoms with Crippen molar-refractivity contribution in [2.24, 2.45) is 22.0 Å². The van der Waals surface area contributed by atoms with Crippen LogP contribution < -0.4 is 11.1 Å². The largest absolute Gasteiger partial charge is 0.451 e. The molecule has 2 aliphatic carbocycles. The first-order valence-electron chi connectivity index (χ1n) is 10.4. The molecule has 2 aromatic rings. The third-order valence-electron chi connectivity index (χ3n) is 6.46. The van der Waals surface area contributed by atoms with Crippen LogP contribution in [0, 0.1) is 5.92 Å². The summed E-state index contributed by atoms with van der Waals surface area (Å²) < 4.78 is 5.77. The van der Waals surface area contributed by atoms with E-state index in [1.807, 2.05) is 35.3 Å². The molecule has 2 saturated carbocycles. The Balaban J connectivity index is 1.35. The van der Waals surface area contributed by atoms with Crippen molar-refractivity contribution in [2.75, 3.05) is 6.54 Å². The van der Waals surface area contributed by atoms with Gasteiger partial charge >= 0.3 is 0 Å². The molecule has 148 valence electrons. The zero-order valence-electron chi connectivity index (χ0n) is 16.0. The average molecular weight is 381 g/mol. The molecule has 3 N–H and O–H groups in total. The van der Waals surface area contributed by atoms with Gasteiger partial charge in [-0.1, -0.05) is 42.7 Å². The first-order chi connectivity index (χ1) is 13.6. The smallest absolute Gasteiger partial charge is 0.287 e. The fourth-order valence-corrected chi connectivity index (χ4v) is 4.56. The number of amides is 1. The molecule has 1 amide bonds. The Hall–Kier alpha value is -2.41. The van der Waals surface area contributed by atoms with Gasteiger partial charge in [-0.15, -0.1) is 0 Å². The molecule has 3 aliphatic rings. The number of benzene rings is 1. The Bertz CT molecular complexity index is 864. The number of para-hydroxylation sites is 1. The highest BCUT2D eigenvalue weighted by atomic mass is 16.3. The van der Waals surface area contributed by atoms with Gasteiger partial charge in [-0.2, -0.15) is 5.11 Å². The van der Waals surface area contributed by atoms with E-state index in [2.05, 4.69) is 15.7 Å². The molecule has 0 saturated heterocycles. The summed E-state index contributed by atoms with van der Waals surface area (Å²) in [5.41, 5.74) is 6.71. The molecule has 0 bridgehead atoms. The summed E-state index contributed by atoms with van der Waals surface area (Å²) in [6.45, 7) is 0.679. The molecule has 28 heavy (non-hydrogen) atoms. The van der Waals surface area contributed by atoms with Crippen LogP contribution in [0.5, 0.6) is 0 Å². The Morgan fingerprint density at radius 1 is 1.25 bits per heavy atom. The Morgan fingerprint density at radius 3 is 2.79 bits per heavy atom. The lowest BCUT2D eigenvalue weighted by molar-refractivity contribution is 0.0870. The maximum Gasteiger partial charge on any atom is 0.287 e. The highest BCUT2D eigenvalue weighted by Gasteiger charge is 2.48. The highest BCUT2D eigenvalue weighted by Crippen LogP contribution is 2.39. The summed E-state index contributed by atoms with van der Waals surface area (Å²) >= 11 is 0. The van der Waals surface area contributed by atoms with Crippen LogP contribution in [0.15, 0.2) is 45.1 Å². The Morgan fingerprint density at radius 2 is 2.04 bits per heavy atom. The van der Waals surface area contributed by atoms with Gasteiger partial charge < -0.3 is 15.5 Å². The van der Waals surface area contributed by atoms with Crippen molar-refractivity contribution in [3.8, 4) is 0 Å². The summed E-state index contributed by atoms with van der Waals surface area (Å²) in [5.74, 6) is 0.597. The van der Waals surface area contributed by atoms with Gasteiger partial charge in [-0.25, -0.2) is 0 Å². The van der Waals surface area contributed by atoms with Crippen LogP contribution in [0.2, 0.25) is 0 Å². The van der Waals surface area contributed by atoms with E-state index < -0.39 is 0 Å². The van der Waals surface area contributed by atoms with Crippen molar-refractivity contribution >= 4 is 16.9 Å². The van der Waals surface area contributed by atoms with E-state index in [4.69, 9.17) is 10.2 Å². The van der Waals surface area contributed by atoms with Crippen LogP contribution in [0.3, 0.4) is 0 Å². The van der Waals surface area contributed by atoms with E-state index in [9.17, 15) is 4.79 Å². The minimum absolute atomic E-state index is 0.0443. The third kappa shape index (κ3) is 3.28. The van der Waals surface area contributed by atoms with Gasteiger partial charge in [0.1, 0.15) is 17.3 Å². The van der Waals surface area contributed by atoms with Crippen LogP contribution in [0.4, 0.5) is 0 Å². The van der Waals surface area contributed by atoms with Gasteiger partial charge in [0.05, 0.1) is 12.6 Å². The summed E-state index contributed by atoms with van der Waals surface area (Å²) in [4.78, 5) is 13.0. The molecule has 1 aromatic carbocycles. The quantitative estimate of drug-likeness (QED) is 0.827. The second-order valence-corrected chi connectivity index (χ2v) is 8.50. The van der Waals surface area contributed by atoms with Gasteiger partial charge in [0.25, 0.3) is 5.91 Å². The fourth-order valence-electron chi connectivity index (χ4n) is 4.56. The van der Waals surface area contributed by atoms with E-state index in [-0.39, 0.29) is 23.7 Å². The molecule has 7 nitrogen and oxygen atoms in total. The van der Waals surface area contributed by atoms with Crippen LogP contribution >= 0.6 is 0 Å². The predicted octanol–water partition coefficient (Wildman–Crippen LogP) is 3.61. The van der Waals surface area contributed by atoms with Gasteiger partial charge in [-0.05, 0) is 43.7 Å². The number of carbonyl (C=O) groups excluding carboxylic acids is 1. The average Bonchev–Trinajstić information content (AvgIpc) is 3.14. The second kappa shape index (κ2) is 6.88. The van der Waals surface area contributed by atoms with E-state index in [0.29, 0.717) is 18.2 Å². The molecule has 2 atom stereocenters. The van der Waals surface area contributed by atoms with Crippen LogP contribution in [-0.2, 0) is 0 Å². The maximum atomic E-state index is 13.0. The normalized spacial score (nSPS) is 25.2. The molecule has 0 radical (unpaired) electrons. The van der Waals surface area contributed by atoms with Crippen molar-refractivity contribution < 1.29 is 9.21 Å². The van der Waals surface area contributed by atoms with E-state index in [1.165, 1.54) is 19.3 Å². The lowest BCUT2D eigenvalue weighted by Crippen LogP contribution is -2.51. The van der Waals surface area contributed by atoms with Crippen molar-refractivity contribution in [2.45, 2.75) is 62.7 Å². The standard InChI is InChI=1S/C21H27N5O2/c22-21(10-11-21)26-13-16(24-25-26)19(14-6-2-1-3-7-14)23-20(27)18-12-15-8-4-5-9-17(15)28-18/h4-5,8-9,12,14,16,19H,1-3,6-7,10-11,13,22H2,(H,23,27)/t16?,19-/m0/s1. The number of furan rings is 1. The monoisotopic (exact) mass is 381 g/mol. The lowest BCUT2D eigenvalue weighted by Gasteiger charge is -2.33.